The number of benzene rings is 2. The molecule has 1 heterocycles. The summed E-state index contributed by atoms with van der Waals surface area (Å²) in [6.45, 7) is 0. The smallest absolute Gasteiger partial charge is 0.221 e. The fourth-order valence-corrected chi connectivity index (χ4v) is 2.26. The van der Waals surface area contributed by atoms with E-state index in [0.717, 1.165) is 27.8 Å². The summed E-state index contributed by atoms with van der Waals surface area (Å²) in [5.41, 5.74) is 7.01. The van der Waals surface area contributed by atoms with Crippen LogP contribution in [0.2, 0.25) is 0 Å². The number of nitrogens with one attached hydrogen (secondary N) is 1. The summed E-state index contributed by atoms with van der Waals surface area (Å²) in [7, 11) is 0. The topological polar surface area (TPSA) is 68.0 Å². The first-order valence-corrected chi connectivity index (χ1v) is 6.70. The number of aromatic nitrogens is 1. The second-order valence-electron chi connectivity index (χ2n) is 4.85. The van der Waals surface area contributed by atoms with Crippen LogP contribution < -0.4 is 11.1 Å². The fraction of sp³-hybridized carbons (Fsp3) is 0.0588. The van der Waals surface area contributed by atoms with Gasteiger partial charge in [0.15, 0.2) is 0 Å². The highest BCUT2D eigenvalue weighted by molar-refractivity contribution is 5.93. The first-order valence-electron chi connectivity index (χ1n) is 6.70. The first-order chi connectivity index (χ1) is 10.2. The third-order valence-electron chi connectivity index (χ3n) is 3.27. The molecule has 0 unspecified atom stereocenters. The normalized spacial score (nSPS) is 10.5. The predicted molar refractivity (Wildman–Crippen MR) is 84.4 cm³/mol. The van der Waals surface area contributed by atoms with E-state index in [4.69, 9.17) is 5.73 Å². The Kier molecular flexibility index (Phi) is 3.51. The zero-order valence-electron chi connectivity index (χ0n) is 11.4. The molecule has 0 aliphatic carbocycles. The molecule has 0 fully saturated rings. The van der Waals surface area contributed by atoms with Crippen LogP contribution in [0.5, 0.6) is 0 Å². The Hall–Kier alpha value is -2.88. The van der Waals surface area contributed by atoms with Crippen LogP contribution in [0.25, 0.3) is 10.8 Å². The predicted octanol–water partition coefficient (Wildman–Crippen LogP) is 3.01. The van der Waals surface area contributed by atoms with Gasteiger partial charge < -0.3 is 11.1 Å². The van der Waals surface area contributed by atoms with Crippen LogP contribution in [0, 0.1) is 0 Å². The van der Waals surface area contributed by atoms with E-state index >= 15 is 0 Å². The van der Waals surface area contributed by atoms with Gasteiger partial charge in [0.2, 0.25) is 5.91 Å². The number of amides is 1. The van der Waals surface area contributed by atoms with E-state index in [1.807, 2.05) is 48.5 Å². The maximum absolute atomic E-state index is 10.9. The summed E-state index contributed by atoms with van der Waals surface area (Å²) in [5.74, 6) is 0.488. The maximum atomic E-state index is 10.9. The van der Waals surface area contributed by atoms with Crippen molar-refractivity contribution in [1.29, 1.82) is 0 Å². The standard InChI is InChI=1S/C17H15N3O/c18-16(21)11-12-5-7-14(8-6-12)20-17-15-4-2-1-3-13(15)9-10-19-17/h1-10H,11H2,(H2,18,21)(H,19,20). The Bertz CT molecular complexity index is 776. The summed E-state index contributed by atoms with van der Waals surface area (Å²) >= 11 is 0. The molecular weight excluding hydrogens is 262 g/mol. The molecule has 2 aromatic carbocycles. The number of nitrogens with zero attached hydrogens (tertiary/aromatic N) is 1. The molecule has 0 saturated heterocycles. The molecule has 4 heteroatoms. The van der Waals surface area contributed by atoms with Gasteiger partial charge in [-0.1, -0.05) is 36.4 Å². The highest BCUT2D eigenvalue weighted by Crippen LogP contribution is 2.24. The lowest BCUT2D eigenvalue weighted by Gasteiger charge is -2.09. The van der Waals surface area contributed by atoms with Crippen LogP contribution in [0.15, 0.2) is 60.8 Å². The summed E-state index contributed by atoms with van der Waals surface area (Å²) in [6, 6.07) is 17.7. The number of hydrogen-bond donors (Lipinski definition) is 2. The maximum Gasteiger partial charge on any atom is 0.221 e. The van der Waals surface area contributed by atoms with Crippen LogP contribution >= 0.6 is 0 Å². The molecule has 3 N–H and O–H groups in total. The van der Waals surface area contributed by atoms with E-state index in [2.05, 4.69) is 16.4 Å². The zero-order chi connectivity index (χ0) is 14.7. The van der Waals surface area contributed by atoms with Crippen molar-refractivity contribution in [2.75, 3.05) is 5.32 Å². The van der Waals surface area contributed by atoms with E-state index in [0.29, 0.717) is 0 Å². The SMILES string of the molecule is NC(=O)Cc1ccc(Nc2nccc3ccccc23)cc1. The number of primary amides is 1. The molecule has 1 aromatic heterocycles. The van der Waals surface area contributed by atoms with Crippen molar-refractivity contribution >= 4 is 28.2 Å². The van der Waals surface area contributed by atoms with Crippen LogP contribution in [-0.2, 0) is 11.2 Å². The molecule has 0 bridgehead atoms. The molecule has 3 rings (SSSR count). The van der Waals surface area contributed by atoms with Gasteiger partial charge in [-0.15, -0.1) is 0 Å². The Balaban J connectivity index is 1.87. The summed E-state index contributed by atoms with van der Waals surface area (Å²) < 4.78 is 0. The number of pyridine rings is 1. The van der Waals surface area contributed by atoms with Crippen molar-refractivity contribution in [3.05, 3.63) is 66.4 Å². The first kappa shape index (κ1) is 13.1. The minimum absolute atomic E-state index is 0.257. The lowest BCUT2D eigenvalue weighted by Crippen LogP contribution is -2.13. The monoisotopic (exact) mass is 277 g/mol. The number of anilines is 2. The van der Waals surface area contributed by atoms with Gasteiger partial charge in [-0.3, -0.25) is 4.79 Å². The van der Waals surface area contributed by atoms with Crippen LogP contribution in [0.3, 0.4) is 0 Å². The van der Waals surface area contributed by atoms with Crippen molar-refractivity contribution in [3.8, 4) is 0 Å². The third-order valence-corrected chi connectivity index (χ3v) is 3.27. The summed E-state index contributed by atoms with van der Waals surface area (Å²) in [6.07, 6.45) is 2.04. The van der Waals surface area contributed by atoms with E-state index in [1.165, 1.54) is 0 Å². The molecule has 104 valence electrons. The molecule has 0 aliphatic heterocycles. The molecule has 0 radical (unpaired) electrons. The number of nitrogens with two attached hydrogens (primary N) is 1. The lowest BCUT2D eigenvalue weighted by atomic mass is 10.1. The van der Waals surface area contributed by atoms with Gasteiger partial charge in [0, 0.05) is 17.3 Å². The van der Waals surface area contributed by atoms with Crippen molar-refractivity contribution in [2.24, 2.45) is 5.73 Å². The highest BCUT2D eigenvalue weighted by atomic mass is 16.1. The molecule has 0 aliphatic rings. The number of hydrogen-bond acceptors (Lipinski definition) is 3. The van der Waals surface area contributed by atoms with Gasteiger partial charge in [0.25, 0.3) is 0 Å². The average molecular weight is 277 g/mol. The quantitative estimate of drug-likeness (QED) is 0.770. The van der Waals surface area contributed by atoms with Crippen LogP contribution in [0.4, 0.5) is 11.5 Å². The lowest BCUT2D eigenvalue weighted by molar-refractivity contribution is -0.117. The molecular formula is C17H15N3O. The third kappa shape index (κ3) is 3.00. The zero-order valence-corrected chi connectivity index (χ0v) is 11.4. The van der Waals surface area contributed by atoms with Crippen molar-refractivity contribution in [3.63, 3.8) is 0 Å². The minimum Gasteiger partial charge on any atom is -0.369 e. The van der Waals surface area contributed by atoms with Gasteiger partial charge in [0.1, 0.15) is 5.82 Å². The number of carbonyl (C=O) groups is 1. The molecule has 21 heavy (non-hydrogen) atoms. The highest BCUT2D eigenvalue weighted by Gasteiger charge is 2.03. The Labute approximate surface area is 122 Å². The Morgan fingerprint density at radius 2 is 1.81 bits per heavy atom. The summed E-state index contributed by atoms with van der Waals surface area (Å²) in [5, 5.41) is 5.51. The minimum atomic E-state index is -0.327. The van der Waals surface area contributed by atoms with Gasteiger partial charge >= 0.3 is 0 Å². The van der Waals surface area contributed by atoms with Crippen molar-refractivity contribution in [1.82, 2.24) is 4.98 Å². The fourth-order valence-electron chi connectivity index (χ4n) is 2.26. The largest absolute Gasteiger partial charge is 0.369 e. The number of carbonyl (C=O) groups excluding carboxylic acids is 1. The van der Waals surface area contributed by atoms with Crippen molar-refractivity contribution in [2.45, 2.75) is 6.42 Å². The van der Waals surface area contributed by atoms with Crippen molar-refractivity contribution < 1.29 is 4.79 Å². The molecule has 3 aromatic rings. The Morgan fingerprint density at radius 3 is 2.57 bits per heavy atom. The van der Waals surface area contributed by atoms with Gasteiger partial charge in [0.05, 0.1) is 6.42 Å². The number of fused-ring (bicyclic) bond motifs is 1. The summed E-state index contributed by atoms with van der Waals surface area (Å²) in [4.78, 5) is 15.3. The second-order valence-corrected chi connectivity index (χ2v) is 4.85. The molecule has 0 atom stereocenters. The van der Waals surface area contributed by atoms with Crippen LogP contribution in [0.1, 0.15) is 5.56 Å². The van der Waals surface area contributed by atoms with Gasteiger partial charge in [-0.05, 0) is 29.1 Å². The molecule has 0 saturated carbocycles. The Morgan fingerprint density at radius 1 is 1.05 bits per heavy atom. The second kappa shape index (κ2) is 5.63. The molecule has 0 spiro atoms. The van der Waals surface area contributed by atoms with E-state index in [9.17, 15) is 4.79 Å². The van der Waals surface area contributed by atoms with Gasteiger partial charge in [-0.2, -0.15) is 0 Å². The van der Waals surface area contributed by atoms with E-state index in [-0.39, 0.29) is 12.3 Å². The average Bonchev–Trinajstić information content (AvgIpc) is 2.49. The molecule has 1 amide bonds. The van der Waals surface area contributed by atoms with Crippen LogP contribution in [-0.4, -0.2) is 10.9 Å². The van der Waals surface area contributed by atoms with E-state index in [1.54, 1.807) is 6.20 Å². The number of rotatable bonds is 4. The van der Waals surface area contributed by atoms with Gasteiger partial charge in [-0.25, -0.2) is 4.98 Å². The van der Waals surface area contributed by atoms with E-state index < -0.39 is 0 Å². The molecule has 4 nitrogen and oxygen atoms in total.